The molecule has 0 aliphatic carbocycles. The van der Waals surface area contributed by atoms with Crippen LogP contribution in [0.1, 0.15) is 44.6 Å². The van der Waals surface area contributed by atoms with E-state index in [1.807, 2.05) is 28.0 Å². The first-order valence-electron chi connectivity index (χ1n) is 10.5. The maximum absolute atomic E-state index is 12.8. The third kappa shape index (κ3) is 5.55. The zero-order valence-electron chi connectivity index (χ0n) is 16.6. The van der Waals surface area contributed by atoms with Gasteiger partial charge in [-0.05, 0) is 44.2 Å². The van der Waals surface area contributed by atoms with Gasteiger partial charge in [0.25, 0.3) is 0 Å². The lowest BCUT2D eigenvalue weighted by atomic mass is 9.95. The van der Waals surface area contributed by atoms with Crippen molar-refractivity contribution < 1.29 is 9.59 Å². The Morgan fingerprint density at radius 1 is 1.00 bits per heavy atom. The molecule has 5 heteroatoms. The lowest BCUT2D eigenvalue weighted by molar-refractivity contribution is -0.140. The largest absolute Gasteiger partial charge is 0.342 e. The molecule has 1 aromatic carbocycles. The molecule has 0 bridgehead atoms. The molecule has 0 unspecified atom stereocenters. The van der Waals surface area contributed by atoms with Crippen LogP contribution in [-0.4, -0.2) is 65.8 Å². The zero-order chi connectivity index (χ0) is 19.1. The number of amides is 2. The van der Waals surface area contributed by atoms with Gasteiger partial charge < -0.3 is 9.80 Å². The van der Waals surface area contributed by atoms with Crippen LogP contribution in [0.2, 0.25) is 0 Å². The zero-order valence-corrected chi connectivity index (χ0v) is 16.6. The molecule has 3 rings (SSSR count). The Morgan fingerprint density at radius 3 is 2.30 bits per heavy atom. The van der Waals surface area contributed by atoms with Crippen molar-refractivity contribution in [2.75, 3.05) is 39.3 Å². The molecule has 5 nitrogen and oxygen atoms in total. The van der Waals surface area contributed by atoms with E-state index in [4.69, 9.17) is 0 Å². The van der Waals surface area contributed by atoms with E-state index in [0.717, 1.165) is 58.3 Å². The third-order valence-electron chi connectivity index (χ3n) is 5.76. The highest BCUT2D eigenvalue weighted by molar-refractivity contribution is 5.81. The van der Waals surface area contributed by atoms with Crippen LogP contribution in [0, 0.1) is 5.92 Å². The van der Waals surface area contributed by atoms with Crippen molar-refractivity contribution in [3.8, 4) is 0 Å². The quantitative estimate of drug-likeness (QED) is 0.740. The lowest BCUT2D eigenvalue weighted by Gasteiger charge is -2.34. The van der Waals surface area contributed by atoms with Crippen LogP contribution in [0.5, 0.6) is 0 Å². The molecule has 2 fully saturated rings. The number of nitrogens with zero attached hydrogens (tertiary/aromatic N) is 3. The molecule has 1 aromatic rings. The van der Waals surface area contributed by atoms with Gasteiger partial charge in [0.05, 0.1) is 6.54 Å². The summed E-state index contributed by atoms with van der Waals surface area (Å²) in [6, 6.07) is 10.3. The number of carbonyl (C=O) groups excluding carboxylic acids is 2. The minimum atomic E-state index is 0.114. The standard InChI is InChI=1S/C22H33N3O2/c1-2-12-23(17-19-8-4-3-5-9-19)18-21(26)24-15-10-20(11-16-24)22(27)25-13-6-7-14-25/h3-5,8-9,20H,2,6-7,10-18H2,1H3. The number of hydrogen-bond acceptors (Lipinski definition) is 3. The molecule has 2 saturated heterocycles. The monoisotopic (exact) mass is 371 g/mol. The van der Waals surface area contributed by atoms with Gasteiger partial charge in [-0.15, -0.1) is 0 Å². The van der Waals surface area contributed by atoms with Crippen molar-refractivity contribution >= 4 is 11.8 Å². The van der Waals surface area contributed by atoms with Crippen molar-refractivity contribution in [1.82, 2.24) is 14.7 Å². The maximum atomic E-state index is 12.8. The highest BCUT2D eigenvalue weighted by Crippen LogP contribution is 2.22. The van der Waals surface area contributed by atoms with Gasteiger partial charge >= 0.3 is 0 Å². The molecule has 0 aromatic heterocycles. The summed E-state index contributed by atoms with van der Waals surface area (Å²) in [5, 5.41) is 0. The molecule has 27 heavy (non-hydrogen) atoms. The summed E-state index contributed by atoms with van der Waals surface area (Å²) in [6.45, 7) is 7.62. The predicted molar refractivity (Wildman–Crippen MR) is 107 cm³/mol. The smallest absolute Gasteiger partial charge is 0.236 e. The first-order valence-corrected chi connectivity index (χ1v) is 10.5. The second-order valence-electron chi connectivity index (χ2n) is 7.88. The van der Waals surface area contributed by atoms with Crippen LogP contribution in [0.25, 0.3) is 0 Å². The van der Waals surface area contributed by atoms with Crippen LogP contribution >= 0.6 is 0 Å². The van der Waals surface area contributed by atoms with E-state index < -0.39 is 0 Å². The number of benzene rings is 1. The molecule has 0 saturated carbocycles. The van der Waals surface area contributed by atoms with Crippen LogP contribution < -0.4 is 0 Å². The summed E-state index contributed by atoms with van der Waals surface area (Å²) in [5.74, 6) is 0.631. The van der Waals surface area contributed by atoms with Crippen molar-refractivity contribution in [3.63, 3.8) is 0 Å². The second kappa shape index (κ2) is 9.88. The van der Waals surface area contributed by atoms with Gasteiger partial charge in [0.15, 0.2) is 0 Å². The molecule has 2 heterocycles. The van der Waals surface area contributed by atoms with E-state index in [-0.39, 0.29) is 11.8 Å². The fourth-order valence-electron chi connectivity index (χ4n) is 4.23. The van der Waals surface area contributed by atoms with Gasteiger partial charge in [-0.2, -0.15) is 0 Å². The minimum absolute atomic E-state index is 0.114. The topological polar surface area (TPSA) is 43.9 Å². The Morgan fingerprint density at radius 2 is 1.67 bits per heavy atom. The highest BCUT2D eigenvalue weighted by atomic mass is 16.2. The third-order valence-corrected chi connectivity index (χ3v) is 5.76. The Kier molecular flexibility index (Phi) is 7.27. The minimum Gasteiger partial charge on any atom is -0.342 e. The molecule has 0 N–H and O–H groups in total. The Labute approximate surface area is 163 Å². The Hall–Kier alpha value is -1.88. The number of piperidine rings is 1. The average Bonchev–Trinajstić information content (AvgIpc) is 3.23. The first kappa shape index (κ1) is 19.9. The van der Waals surface area contributed by atoms with Crippen molar-refractivity contribution in [2.45, 2.75) is 45.6 Å². The molecule has 2 aliphatic rings. The molecule has 0 spiro atoms. The van der Waals surface area contributed by atoms with Gasteiger partial charge in [-0.3, -0.25) is 14.5 Å². The van der Waals surface area contributed by atoms with E-state index in [2.05, 4.69) is 24.0 Å². The lowest BCUT2D eigenvalue weighted by Crippen LogP contribution is -2.46. The summed E-state index contributed by atoms with van der Waals surface area (Å²) in [5.41, 5.74) is 1.24. The van der Waals surface area contributed by atoms with Crippen molar-refractivity contribution in [3.05, 3.63) is 35.9 Å². The predicted octanol–water partition coefficient (Wildman–Crippen LogP) is 2.76. The maximum Gasteiger partial charge on any atom is 0.236 e. The first-order chi connectivity index (χ1) is 13.2. The molecular formula is C22H33N3O2. The summed E-state index contributed by atoms with van der Waals surface area (Å²) in [4.78, 5) is 31.6. The highest BCUT2D eigenvalue weighted by Gasteiger charge is 2.31. The SMILES string of the molecule is CCCN(CC(=O)N1CCC(C(=O)N2CCCC2)CC1)Cc1ccccc1. The number of rotatable bonds is 7. The van der Waals surface area contributed by atoms with E-state index in [9.17, 15) is 9.59 Å². The van der Waals surface area contributed by atoms with Crippen molar-refractivity contribution in [1.29, 1.82) is 0 Å². The van der Waals surface area contributed by atoms with Crippen molar-refractivity contribution in [2.24, 2.45) is 5.92 Å². The molecule has 2 amide bonds. The van der Waals surface area contributed by atoms with Gasteiger partial charge in [-0.1, -0.05) is 37.3 Å². The van der Waals surface area contributed by atoms with Gasteiger partial charge in [0.1, 0.15) is 0 Å². The molecule has 148 valence electrons. The van der Waals surface area contributed by atoms with E-state index >= 15 is 0 Å². The van der Waals surface area contributed by atoms with Crippen LogP contribution in [0.3, 0.4) is 0 Å². The Balaban J connectivity index is 1.48. The number of hydrogen-bond donors (Lipinski definition) is 0. The summed E-state index contributed by atoms with van der Waals surface area (Å²) < 4.78 is 0. The summed E-state index contributed by atoms with van der Waals surface area (Å²) >= 11 is 0. The van der Waals surface area contributed by atoms with Crippen LogP contribution in [0.4, 0.5) is 0 Å². The molecule has 0 radical (unpaired) electrons. The molecular weight excluding hydrogens is 338 g/mol. The van der Waals surface area contributed by atoms with Gasteiger partial charge in [-0.25, -0.2) is 0 Å². The number of likely N-dealkylation sites (tertiary alicyclic amines) is 2. The fraction of sp³-hybridized carbons (Fsp3) is 0.636. The van der Waals surface area contributed by atoms with Crippen LogP contribution in [-0.2, 0) is 16.1 Å². The fourth-order valence-corrected chi connectivity index (χ4v) is 4.23. The Bertz CT molecular complexity index is 605. The second-order valence-corrected chi connectivity index (χ2v) is 7.88. The van der Waals surface area contributed by atoms with E-state index in [1.165, 1.54) is 5.56 Å². The summed E-state index contributed by atoms with van der Waals surface area (Å²) in [7, 11) is 0. The molecule has 2 aliphatic heterocycles. The van der Waals surface area contributed by atoms with E-state index in [1.54, 1.807) is 0 Å². The van der Waals surface area contributed by atoms with Gasteiger partial charge in [0.2, 0.25) is 11.8 Å². The van der Waals surface area contributed by atoms with E-state index in [0.29, 0.717) is 25.5 Å². The summed E-state index contributed by atoms with van der Waals surface area (Å²) in [6.07, 6.45) is 4.93. The number of carbonyl (C=O) groups is 2. The average molecular weight is 372 g/mol. The van der Waals surface area contributed by atoms with Gasteiger partial charge in [0, 0.05) is 38.6 Å². The van der Waals surface area contributed by atoms with Crippen LogP contribution in [0.15, 0.2) is 30.3 Å². The normalized spacial score (nSPS) is 18.3. The molecule has 0 atom stereocenters.